The smallest absolute Gasteiger partial charge is 0.411 e. The Hall–Kier alpha value is -4.01. The summed E-state index contributed by atoms with van der Waals surface area (Å²) in [5.74, 6) is 1.82. The third-order valence-corrected chi connectivity index (χ3v) is 4.68. The first-order chi connectivity index (χ1) is 16.0. The lowest BCUT2D eigenvalue weighted by Crippen LogP contribution is -2.20. The number of rotatable bonds is 6. The normalized spacial score (nSPS) is 11.1. The zero-order valence-corrected chi connectivity index (χ0v) is 20.3. The zero-order valence-electron chi connectivity index (χ0n) is 20.3. The van der Waals surface area contributed by atoms with Crippen LogP contribution in [-0.2, 0) is 17.2 Å². The fourth-order valence-corrected chi connectivity index (χ4v) is 2.94. The Morgan fingerprint density at radius 1 is 0.882 bits per heavy atom. The predicted molar refractivity (Wildman–Crippen MR) is 133 cm³/mol. The number of nitrogens with one attached hydrogen (secondary N) is 3. The highest BCUT2D eigenvalue weighted by Gasteiger charge is 2.19. The average Bonchev–Trinajstić information content (AvgIpc) is 3.11. The number of ether oxygens (including phenoxy) is 2. The van der Waals surface area contributed by atoms with Crippen LogP contribution in [0.2, 0.25) is 0 Å². The minimum Gasteiger partial charge on any atom is -0.457 e. The Labute approximate surface area is 199 Å². The monoisotopic (exact) mass is 465 g/mol. The molecule has 3 aromatic rings. The molecule has 0 aliphatic heterocycles. The van der Waals surface area contributed by atoms with Crippen molar-refractivity contribution in [3.8, 4) is 11.5 Å². The Kier molecular flexibility index (Phi) is 7.45. The highest BCUT2D eigenvalue weighted by molar-refractivity contribution is 5.99. The molecular formula is C25H31N5O4. The van der Waals surface area contributed by atoms with Crippen molar-refractivity contribution in [3.63, 3.8) is 0 Å². The van der Waals surface area contributed by atoms with Gasteiger partial charge in [0.25, 0.3) is 0 Å². The maximum atomic E-state index is 12.4. The topological polar surface area (TPSA) is 107 Å². The number of hydrogen-bond acceptors (Lipinski definition) is 5. The van der Waals surface area contributed by atoms with Crippen molar-refractivity contribution in [2.24, 2.45) is 7.05 Å². The molecule has 0 radical (unpaired) electrons. The number of carbonyl (C=O) groups excluding carboxylic acids is 2. The molecule has 3 rings (SSSR count). The number of nitrogens with zero attached hydrogens (tertiary/aromatic N) is 2. The van der Waals surface area contributed by atoms with E-state index in [0.717, 1.165) is 5.69 Å². The van der Waals surface area contributed by atoms with E-state index in [4.69, 9.17) is 9.47 Å². The van der Waals surface area contributed by atoms with Crippen LogP contribution >= 0.6 is 0 Å². The molecule has 3 N–H and O–H groups in total. The summed E-state index contributed by atoms with van der Waals surface area (Å²) >= 11 is 0. The van der Waals surface area contributed by atoms with Gasteiger partial charge in [0.15, 0.2) is 0 Å². The molecule has 0 saturated heterocycles. The van der Waals surface area contributed by atoms with Gasteiger partial charge in [-0.3, -0.25) is 15.3 Å². The van der Waals surface area contributed by atoms with Gasteiger partial charge in [0.1, 0.15) is 17.3 Å². The largest absolute Gasteiger partial charge is 0.457 e. The number of aryl methyl sites for hydroxylation is 1. The molecule has 3 amide bonds. The lowest BCUT2D eigenvalue weighted by molar-refractivity contribution is 0.130. The lowest BCUT2D eigenvalue weighted by Gasteiger charge is -2.13. The summed E-state index contributed by atoms with van der Waals surface area (Å²) in [6.07, 6.45) is -0.698. The van der Waals surface area contributed by atoms with Gasteiger partial charge < -0.3 is 14.8 Å². The number of urea groups is 1. The van der Waals surface area contributed by atoms with Crippen LogP contribution in [0.1, 0.15) is 40.3 Å². The Morgan fingerprint density at radius 3 is 1.88 bits per heavy atom. The molecule has 0 bridgehead atoms. The van der Waals surface area contributed by atoms with Crippen molar-refractivity contribution in [2.45, 2.75) is 46.1 Å². The first-order valence-corrected chi connectivity index (χ1v) is 11.0. The second-order valence-corrected chi connectivity index (χ2v) is 9.10. The van der Waals surface area contributed by atoms with Gasteiger partial charge >= 0.3 is 12.1 Å². The van der Waals surface area contributed by atoms with Crippen LogP contribution < -0.4 is 20.7 Å². The van der Waals surface area contributed by atoms with Crippen molar-refractivity contribution in [3.05, 3.63) is 60.3 Å². The van der Waals surface area contributed by atoms with Gasteiger partial charge in [-0.15, -0.1) is 0 Å². The van der Waals surface area contributed by atoms with Gasteiger partial charge in [0, 0.05) is 29.9 Å². The summed E-state index contributed by atoms with van der Waals surface area (Å²) in [7, 11) is 1.79. The van der Waals surface area contributed by atoms with E-state index < -0.39 is 6.09 Å². The van der Waals surface area contributed by atoms with Crippen molar-refractivity contribution >= 4 is 29.3 Å². The predicted octanol–water partition coefficient (Wildman–Crippen LogP) is 6.11. The van der Waals surface area contributed by atoms with Crippen molar-refractivity contribution in [2.75, 3.05) is 16.0 Å². The molecule has 0 saturated carbocycles. The third kappa shape index (κ3) is 6.99. The van der Waals surface area contributed by atoms with E-state index in [1.165, 1.54) is 0 Å². The van der Waals surface area contributed by atoms with E-state index >= 15 is 0 Å². The highest BCUT2D eigenvalue weighted by Crippen LogP contribution is 2.25. The highest BCUT2D eigenvalue weighted by atomic mass is 16.6. The number of hydrogen-bond donors (Lipinski definition) is 3. The van der Waals surface area contributed by atoms with E-state index in [0.29, 0.717) is 28.7 Å². The minimum atomic E-state index is -0.506. The van der Waals surface area contributed by atoms with E-state index in [1.807, 2.05) is 6.07 Å². The molecule has 2 aromatic carbocycles. The number of aromatic nitrogens is 2. The zero-order chi connectivity index (χ0) is 24.9. The van der Waals surface area contributed by atoms with Crippen LogP contribution in [0.4, 0.5) is 26.8 Å². The average molecular weight is 466 g/mol. The Morgan fingerprint density at radius 2 is 1.41 bits per heavy atom. The lowest BCUT2D eigenvalue weighted by atomic mass is 9.92. The molecule has 0 aliphatic carbocycles. The van der Waals surface area contributed by atoms with Gasteiger partial charge in [0.2, 0.25) is 0 Å². The molecule has 9 nitrogen and oxygen atoms in total. The standard InChI is InChI=1S/C25H31N5O4/c1-16(2)33-24(32)27-18-9-13-20(14-10-18)34-19-11-7-17(8-12-19)26-23(31)28-22-15-21(25(3,4)5)29-30(22)6/h7-16H,1-6H3,(H,27,32)(H2,26,28,31). The summed E-state index contributed by atoms with van der Waals surface area (Å²) in [4.78, 5) is 24.1. The minimum absolute atomic E-state index is 0.111. The van der Waals surface area contributed by atoms with Gasteiger partial charge in [-0.1, -0.05) is 20.8 Å². The molecule has 0 spiro atoms. The van der Waals surface area contributed by atoms with E-state index in [9.17, 15) is 9.59 Å². The molecule has 1 aromatic heterocycles. The fraction of sp³-hybridized carbons (Fsp3) is 0.320. The van der Waals surface area contributed by atoms with Crippen molar-refractivity contribution < 1.29 is 19.1 Å². The van der Waals surface area contributed by atoms with Gasteiger partial charge in [-0.05, 0) is 62.4 Å². The molecule has 9 heteroatoms. The second-order valence-electron chi connectivity index (χ2n) is 9.10. The summed E-state index contributed by atoms with van der Waals surface area (Å²) in [6, 6.07) is 15.4. The van der Waals surface area contributed by atoms with Crippen LogP contribution in [0.5, 0.6) is 11.5 Å². The summed E-state index contributed by atoms with van der Waals surface area (Å²) in [5, 5.41) is 12.7. The number of anilines is 3. The van der Waals surface area contributed by atoms with Gasteiger partial charge in [-0.2, -0.15) is 5.10 Å². The second kappa shape index (κ2) is 10.3. The number of benzene rings is 2. The van der Waals surface area contributed by atoms with Crippen LogP contribution in [0.3, 0.4) is 0 Å². The summed E-state index contributed by atoms with van der Waals surface area (Å²) in [6.45, 7) is 9.77. The summed E-state index contributed by atoms with van der Waals surface area (Å²) in [5.41, 5.74) is 2.00. The SMILES string of the molecule is CC(C)OC(=O)Nc1ccc(Oc2ccc(NC(=O)Nc3cc(C(C)(C)C)nn3C)cc2)cc1. The molecular weight excluding hydrogens is 434 g/mol. The maximum Gasteiger partial charge on any atom is 0.411 e. The molecule has 180 valence electrons. The first kappa shape index (κ1) is 24.6. The van der Waals surface area contributed by atoms with Crippen molar-refractivity contribution in [1.29, 1.82) is 0 Å². The van der Waals surface area contributed by atoms with E-state index in [1.54, 1.807) is 74.1 Å². The molecule has 0 unspecified atom stereocenters. The molecule has 0 atom stereocenters. The number of amides is 3. The van der Waals surface area contributed by atoms with Crippen molar-refractivity contribution in [1.82, 2.24) is 9.78 Å². The van der Waals surface area contributed by atoms with Gasteiger partial charge in [-0.25, -0.2) is 9.59 Å². The van der Waals surface area contributed by atoms with E-state index in [2.05, 4.69) is 41.8 Å². The Bertz CT molecular complexity index is 1130. The van der Waals surface area contributed by atoms with E-state index in [-0.39, 0.29) is 17.6 Å². The van der Waals surface area contributed by atoms with Gasteiger partial charge in [0.05, 0.1) is 11.8 Å². The molecule has 0 aliphatic rings. The van der Waals surface area contributed by atoms with Crippen LogP contribution in [0.15, 0.2) is 54.6 Å². The van der Waals surface area contributed by atoms with Crippen LogP contribution in [0, 0.1) is 0 Å². The van der Waals surface area contributed by atoms with Crippen LogP contribution in [0.25, 0.3) is 0 Å². The van der Waals surface area contributed by atoms with Crippen LogP contribution in [-0.4, -0.2) is 28.0 Å². The molecule has 0 fully saturated rings. The molecule has 1 heterocycles. The summed E-state index contributed by atoms with van der Waals surface area (Å²) < 4.78 is 12.5. The first-order valence-electron chi connectivity index (χ1n) is 11.0. The number of carbonyl (C=O) groups is 2. The third-order valence-electron chi connectivity index (χ3n) is 4.68. The Balaban J connectivity index is 1.53. The fourth-order valence-electron chi connectivity index (χ4n) is 2.94. The quantitative estimate of drug-likeness (QED) is 0.407. The maximum absolute atomic E-state index is 12.4. The molecule has 34 heavy (non-hydrogen) atoms.